The van der Waals surface area contributed by atoms with Crippen LogP contribution in [0.5, 0.6) is 0 Å². The summed E-state index contributed by atoms with van der Waals surface area (Å²) in [6, 6.07) is 15.4. The molecular formula is C23H21ClN2O5. The van der Waals surface area contributed by atoms with Crippen LogP contribution in [0.3, 0.4) is 0 Å². The third-order valence-electron chi connectivity index (χ3n) is 4.78. The van der Waals surface area contributed by atoms with E-state index in [-0.39, 0.29) is 11.1 Å². The highest BCUT2D eigenvalue weighted by Crippen LogP contribution is 2.39. The van der Waals surface area contributed by atoms with E-state index in [4.69, 9.17) is 16.3 Å². The number of carbonyl (C=O) groups excluding carboxylic acids is 2. The molecular weight excluding hydrogens is 420 g/mol. The molecule has 2 aromatic rings. The second-order valence-corrected chi connectivity index (χ2v) is 7.42. The van der Waals surface area contributed by atoms with Crippen molar-refractivity contribution in [3.63, 3.8) is 0 Å². The number of amides is 1. The monoisotopic (exact) mass is 440 g/mol. The summed E-state index contributed by atoms with van der Waals surface area (Å²) in [5.41, 5.74) is 2.08. The van der Waals surface area contributed by atoms with Gasteiger partial charge in [-0.25, -0.2) is 9.59 Å². The molecule has 3 rings (SSSR count). The molecule has 7 nitrogen and oxygen atoms in total. The molecule has 3 N–H and O–H groups in total. The Kier molecular flexibility index (Phi) is 6.77. The van der Waals surface area contributed by atoms with Crippen molar-refractivity contribution in [2.45, 2.75) is 19.8 Å². The van der Waals surface area contributed by atoms with Crippen LogP contribution in [0.25, 0.3) is 0 Å². The number of carboxylic acids is 1. The number of rotatable bonds is 6. The second kappa shape index (κ2) is 9.49. The van der Waals surface area contributed by atoms with Gasteiger partial charge in [0, 0.05) is 22.1 Å². The summed E-state index contributed by atoms with van der Waals surface area (Å²) in [5, 5.41) is 15.8. The molecule has 1 aliphatic heterocycles. The van der Waals surface area contributed by atoms with E-state index in [2.05, 4.69) is 10.6 Å². The van der Waals surface area contributed by atoms with Gasteiger partial charge in [-0.05, 0) is 43.7 Å². The molecule has 1 heterocycles. The van der Waals surface area contributed by atoms with E-state index in [9.17, 15) is 19.5 Å². The highest BCUT2D eigenvalue weighted by molar-refractivity contribution is 6.30. The minimum absolute atomic E-state index is 0.00792. The molecule has 0 spiro atoms. The summed E-state index contributed by atoms with van der Waals surface area (Å²) < 4.78 is 5.23. The van der Waals surface area contributed by atoms with Crippen LogP contribution >= 0.6 is 11.6 Å². The molecule has 31 heavy (non-hydrogen) atoms. The van der Waals surface area contributed by atoms with Gasteiger partial charge in [0.1, 0.15) is 0 Å². The number of benzene rings is 2. The zero-order chi connectivity index (χ0) is 22.5. The van der Waals surface area contributed by atoms with Crippen LogP contribution < -0.4 is 10.6 Å². The molecule has 1 amide bonds. The number of dihydropyridines is 1. The SMILES string of the molecule is CC1=C(C(=O)O)C(c2cccc(Cl)c2)C(C(=O)OCC(=O)Nc2ccccc2)=C(C)N1. The second-order valence-electron chi connectivity index (χ2n) is 6.99. The maximum atomic E-state index is 13.0. The summed E-state index contributed by atoms with van der Waals surface area (Å²) in [4.78, 5) is 37.1. The van der Waals surface area contributed by atoms with E-state index >= 15 is 0 Å². The Morgan fingerprint density at radius 2 is 1.71 bits per heavy atom. The Morgan fingerprint density at radius 3 is 2.35 bits per heavy atom. The van der Waals surface area contributed by atoms with E-state index in [1.165, 1.54) is 0 Å². The molecule has 1 aliphatic rings. The van der Waals surface area contributed by atoms with E-state index in [0.717, 1.165) is 0 Å². The van der Waals surface area contributed by atoms with Crippen molar-refractivity contribution in [1.82, 2.24) is 5.32 Å². The summed E-state index contributed by atoms with van der Waals surface area (Å²) >= 11 is 6.11. The minimum atomic E-state index is -1.17. The number of para-hydroxylation sites is 1. The van der Waals surface area contributed by atoms with Crippen molar-refractivity contribution in [1.29, 1.82) is 0 Å². The topological polar surface area (TPSA) is 105 Å². The van der Waals surface area contributed by atoms with Crippen LogP contribution in [0.2, 0.25) is 5.02 Å². The van der Waals surface area contributed by atoms with Gasteiger partial charge in [0.25, 0.3) is 5.91 Å². The highest BCUT2D eigenvalue weighted by atomic mass is 35.5. The summed E-state index contributed by atoms with van der Waals surface area (Å²) in [6.07, 6.45) is 0. The van der Waals surface area contributed by atoms with E-state index in [1.807, 2.05) is 6.07 Å². The smallest absolute Gasteiger partial charge is 0.337 e. The van der Waals surface area contributed by atoms with Gasteiger partial charge in [-0.3, -0.25) is 4.79 Å². The van der Waals surface area contributed by atoms with Gasteiger partial charge >= 0.3 is 11.9 Å². The lowest BCUT2D eigenvalue weighted by molar-refractivity contribution is -0.143. The van der Waals surface area contributed by atoms with Crippen LogP contribution in [0.1, 0.15) is 25.3 Å². The number of nitrogens with one attached hydrogen (secondary N) is 2. The Hall–Kier alpha value is -3.58. The molecule has 0 radical (unpaired) electrons. The fraction of sp³-hybridized carbons (Fsp3) is 0.174. The van der Waals surface area contributed by atoms with Crippen molar-refractivity contribution < 1.29 is 24.2 Å². The largest absolute Gasteiger partial charge is 0.478 e. The number of allylic oxidation sites excluding steroid dienone is 2. The number of aliphatic carboxylic acids is 1. The van der Waals surface area contributed by atoms with Crippen molar-refractivity contribution >= 4 is 35.1 Å². The average molecular weight is 441 g/mol. The summed E-state index contributed by atoms with van der Waals surface area (Å²) in [5.74, 6) is -3.37. The minimum Gasteiger partial charge on any atom is -0.478 e. The number of anilines is 1. The van der Waals surface area contributed by atoms with Crippen LogP contribution in [-0.4, -0.2) is 29.6 Å². The Balaban J connectivity index is 1.86. The maximum Gasteiger partial charge on any atom is 0.337 e. The quantitative estimate of drug-likeness (QED) is 0.589. The standard InChI is InChI=1S/C23H21ClN2O5/c1-13-19(22(28)29)21(15-7-6-8-16(24)11-15)20(14(2)25-13)23(30)31-12-18(27)26-17-9-4-3-5-10-17/h3-11,21,25H,12H2,1-2H3,(H,26,27)(H,28,29). The summed E-state index contributed by atoms with van der Waals surface area (Å²) in [7, 11) is 0. The molecule has 0 aromatic heterocycles. The van der Waals surface area contributed by atoms with Crippen molar-refractivity contribution in [2.75, 3.05) is 11.9 Å². The lowest BCUT2D eigenvalue weighted by atomic mass is 9.80. The fourth-order valence-electron chi connectivity index (χ4n) is 3.49. The number of carboxylic acid groups (broad SMARTS) is 1. The number of esters is 1. The number of hydrogen-bond donors (Lipinski definition) is 3. The molecule has 160 valence electrons. The average Bonchev–Trinajstić information content (AvgIpc) is 2.72. The normalized spacial score (nSPS) is 15.9. The van der Waals surface area contributed by atoms with Gasteiger partial charge < -0.3 is 20.5 Å². The maximum absolute atomic E-state index is 13.0. The van der Waals surface area contributed by atoms with Gasteiger partial charge in [-0.15, -0.1) is 0 Å². The van der Waals surface area contributed by atoms with Crippen LogP contribution in [0.4, 0.5) is 5.69 Å². The number of halogens is 1. The first-order chi connectivity index (χ1) is 14.8. The highest BCUT2D eigenvalue weighted by Gasteiger charge is 2.37. The lowest BCUT2D eigenvalue weighted by Gasteiger charge is -2.29. The van der Waals surface area contributed by atoms with Crippen LogP contribution in [-0.2, 0) is 19.1 Å². The van der Waals surface area contributed by atoms with E-state index < -0.39 is 30.4 Å². The number of ether oxygens (including phenoxy) is 1. The molecule has 0 bridgehead atoms. The molecule has 8 heteroatoms. The number of hydrogen-bond acceptors (Lipinski definition) is 5. The van der Waals surface area contributed by atoms with Crippen molar-refractivity contribution in [3.05, 3.63) is 87.7 Å². The van der Waals surface area contributed by atoms with Gasteiger partial charge in [0.05, 0.1) is 17.1 Å². The van der Waals surface area contributed by atoms with E-state index in [1.54, 1.807) is 62.4 Å². The first-order valence-electron chi connectivity index (χ1n) is 9.47. The summed E-state index contributed by atoms with van der Waals surface area (Å²) in [6.45, 7) is 2.76. The number of carbonyl (C=O) groups is 3. The third kappa shape index (κ3) is 5.13. The van der Waals surface area contributed by atoms with Crippen molar-refractivity contribution in [2.24, 2.45) is 0 Å². The Morgan fingerprint density at radius 1 is 1.03 bits per heavy atom. The predicted molar refractivity (Wildman–Crippen MR) is 116 cm³/mol. The molecule has 0 saturated heterocycles. The molecule has 0 saturated carbocycles. The lowest BCUT2D eigenvalue weighted by Crippen LogP contribution is -2.32. The molecule has 0 fully saturated rings. The van der Waals surface area contributed by atoms with Crippen LogP contribution in [0, 0.1) is 0 Å². The predicted octanol–water partition coefficient (Wildman–Crippen LogP) is 3.84. The molecule has 0 aliphatic carbocycles. The van der Waals surface area contributed by atoms with Crippen LogP contribution in [0.15, 0.2) is 77.1 Å². The first-order valence-corrected chi connectivity index (χ1v) is 9.85. The third-order valence-corrected chi connectivity index (χ3v) is 5.02. The van der Waals surface area contributed by atoms with Gasteiger partial charge in [-0.2, -0.15) is 0 Å². The van der Waals surface area contributed by atoms with E-state index in [0.29, 0.717) is 27.7 Å². The van der Waals surface area contributed by atoms with Crippen molar-refractivity contribution in [3.8, 4) is 0 Å². The Labute approximate surface area is 184 Å². The molecule has 1 atom stereocenters. The molecule has 1 unspecified atom stereocenters. The Bertz CT molecular complexity index is 1090. The fourth-order valence-corrected chi connectivity index (χ4v) is 3.69. The first kappa shape index (κ1) is 22.1. The van der Waals surface area contributed by atoms with Gasteiger partial charge in [0.15, 0.2) is 6.61 Å². The van der Waals surface area contributed by atoms with Gasteiger partial charge in [-0.1, -0.05) is 41.9 Å². The van der Waals surface area contributed by atoms with Gasteiger partial charge in [0.2, 0.25) is 0 Å². The zero-order valence-corrected chi connectivity index (χ0v) is 17.7. The zero-order valence-electron chi connectivity index (χ0n) is 16.9. The molecule has 2 aromatic carbocycles.